The summed E-state index contributed by atoms with van der Waals surface area (Å²) in [5.41, 5.74) is 5.42. The van der Waals surface area contributed by atoms with Gasteiger partial charge >= 0.3 is 0 Å². The number of aliphatic hydroxyl groups is 1. The minimum Gasteiger partial charge on any atom is -0.389 e. The summed E-state index contributed by atoms with van der Waals surface area (Å²) in [6.07, 6.45) is 3.96. The maximum Gasteiger partial charge on any atom is 0.0767 e. The Morgan fingerprint density at radius 1 is 1.33 bits per heavy atom. The van der Waals surface area contributed by atoms with E-state index >= 15 is 0 Å². The lowest BCUT2D eigenvalue weighted by atomic mass is 9.80. The molecule has 18 heavy (non-hydrogen) atoms. The molecule has 0 aliphatic carbocycles. The van der Waals surface area contributed by atoms with E-state index in [1.165, 1.54) is 19.5 Å². The summed E-state index contributed by atoms with van der Waals surface area (Å²) in [6, 6.07) is 0. The largest absolute Gasteiger partial charge is 0.389 e. The molecule has 108 valence electrons. The van der Waals surface area contributed by atoms with Crippen molar-refractivity contribution >= 4 is 0 Å². The van der Waals surface area contributed by atoms with E-state index in [1.807, 2.05) is 6.92 Å². The predicted octanol–water partition coefficient (Wildman–Crippen LogP) is 2.23. The minimum atomic E-state index is -0.636. The highest BCUT2D eigenvalue weighted by Crippen LogP contribution is 2.33. The number of hydrogen-bond acceptors (Lipinski definition) is 3. The van der Waals surface area contributed by atoms with Gasteiger partial charge in [0.15, 0.2) is 0 Å². The lowest BCUT2D eigenvalue weighted by Crippen LogP contribution is -2.38. The smallest absolute Gasteiger partial charge is 0.0767 e. The Morgan fingerprint density at radius 3 is 2.44 bits per heavy atom. The molecule has 0 saturated carbocycles. The second kappa shape index (κ2) is 6.36. The fraction of sp³-hybridized carbons (Fsp3) is 1.00. The van der Waals surface area contributed by atoms with Gasteiger partial charge in [0.05, 0.1) is 5.60 Å². The van der Waals surface area contributed by atoms with Crippen LogP contribution in [0.3, 0.4) is 0 Å². The molecule has 1 saturated heterocycles. The van der Waals surface area contributed by atoms with E-state index in [9.17, 15) is 5.11 Å². The Morgan fingerprint density at radius 2 is 2.00 bits per heavy atom. The maximum absolute atomic E-state index is 10.1. The lowest BCUT2D eigenvalue weighted by Gasteiger charge is -2.28. The monoisotopic (exact) mass is 256 g/mol. The second-order valence-corrected chi connectivity index (χ2v) is 7.04. The van der Waals surface area contributed by atoms with Crippen molar-refractivity contribution in [3.63, 3.8) is 0 Å². The molecule has 0 spiro atoms. The van der Waals surface area contributed by atoms with Crippen LogP contribution in [0.2, 0.25) is 0 Å². The molecular formula is C15H32N2O. The fourth-order valence-electron chi connectivity index (χ4n) is 2.80. The van der Waals surface area contributed by atoms with Gasteiger partial charge in [-0.15, -0.1) is 0 Å². The van der Waals surface area contributed by atoms with Crippen molar-refractivity contribution in [1.82, 2.24) is 4.90 Å². The van der Waals surface area contributed by atoms with E-state index in [0.717, 1.165) is 31.7 Å². The van der Waals surface area contributed by atoms with Gasteiger partial charge in [0.2, 0.25) is 0 Å². The standard InChI is InChI=1S/C15H32N2O/c1-5-15(18,12-16)8-6-9-17-10-7-13(11-17)14(2,3)4/h13,18H,5-12,16H2,1-4H3. The summed E-state index contributed by atoms with van der Waals surface area (Å²) in [5, 5.41) is 10.1. The number of likely N-dealkylation sites (tertiary alicyclic amines) is 1. The summed E-state index contributed by atoms with van der Waals surface area (Å²) < 4.78 is 0. The third-order valence-electron chi connectivity index (χ3n) is 4.65. The van der Waals surface area contributed by atoms with Crippen LogP contribution >= 0.6 is 0 Å². The summed E-state index contributed by atoms with van der Waals surface area (Å²) in [4.78, 5) is 2.54. The fourth-order valence-corrected chi connectivity index (χ4v) is 2.80. The number of nitrogens with zero attached hydrogens (tertiary/aromatic N) is 1. The van der Waals surface area contributed by atoms with Gasteiger partial charge in [-0.25, -0.2) is 0 Å². The minimum absolute atomic E-state index is 0.383. The van der Waals surface area contributed by atoms with Crippen molar-refractivity contribution in [1.29, 1.82) is 0 Å². The van der Waals surface area contributed by atoms with Crippen molar-refractivity contribution in [2.24, 2.45) is 17.1 Å². The third-order valence-corrected chi connectivity index (χ3v) is 4.65. The van der Waals surface area contributed by atoms with Gasteiger partial charge in [0.1, 0.15) is 0 Å². The van der Waals surface area contributed by atoms with E-state index in [0.29, 0.717) is 12.0 Å². The highest BCUT2D eigenvalue weighted by molar-refractivity contribution is 4.84. The number of rotatable bonds is 6. The van der Waals surface area contributed by atoms with E-state index in [2.05, 4.69) is 25.7 Å². The molecule has 0 amide bonds. The van der Waals surface area contributed by atoms with E-state index in [1.54, 1.807) is 0 Å². The lowest BCUT2D eigenvalue weighted by molar-refractivity contribution is 0.0320. The number of nitrogens with two attached hydrogens (primary N) is 1. The molecule has 1 aliphatic rings. The molecule has 1 aliphatic heterocycles. The van der Waals surface area contributed by atoms with Crippen molar-refractivity contribution in [3.05, 3.63) is 0 Å². The second-order valence-electron chi connectivity index (χ2n) is 7.04. The Kier molecular flexibility index (Phi) is 5.63. The molecule has 3 heteroatoms. The van der Waals surface area contributed by atoms with Crippen molar-refractivity contribution < 1.29 is 5.11 Å². The average Bonchev–Trinajstić information content (AvgIpc) is 2.77. The van der Waals surface area contributed by atoms with Crippen LogP contribution in [0.25, 0.3) is 0 Å². The Hall–Kier alpha value is -0.120. The van der Waals surface area contributed by atoms with Crippen LogP contribution in [-0.4, -0.2) is 41.8 Å². The molecule has 3 N–H and O–H groups in total. The van der Waals surface area contributed by atoms with Crippen molar-refractivity contribution in [2.45, 2.75) is 59.0 Å². The van der Waals surface area contributed by atoms with Gasteiger partial charge in [-0.05, 0) is 50.1 Å². The van der Waals surface area contributed by atoms with Crippen LogP contribution in [0.1, 0.15) is 53.4 Å². The zero-order valence-electron chi connectivity index (χ0n) is 12.7. The number of hydrogen-bond donors (Lipinski definition) is 2. The first kappa shape index (κ1) is 15.9. The van der Waals surface area contributed by atoms with E-state index < -0.39 is 5.60 Å². The Balaban J connectivity index is 2.26. The Labute approximate surface area is 113 Å². The molecule has 0 bridgehead atoms. The normalized spacial score (nSPS) is 25.3. The summed E-state index contributed by atoms with van der Waals surface area (Å²) in [7, 11) is 0. The zero-order valence-corrected chi connectivity index (χ0v) is 12.7. The quantitative estimate of drug-likeness (QED) is 0.766. The highest BCUT2D eigenvalue weighted by atomic mass is 16.3. The van der Waals surface area contributed by atoms with Gasteiger partial charge in [-0.3, -0.25) is 0 Å². The molecule has 1 fully saturated rings. The molecule has 1 rings (SSSR count). The summed E-state index contributed by atoms with van der Waals surface area (Å²) >= 11 is 0. The first-order valence-electron chi connectivity index (χ1n) is 7.45. The van der Waals surface area contributed by atoms with Crippen molar-refractivity contribution in [2.75, 3.05) is 26.2 Å². The third kappa shape index (κ3) is 4.52. The van der Waals surface area contributed by atoms with Crippen molar-refractivity contribution in [3.8, 4) is 0 Å². The van der Waals surface area contributed by atoms with Crippen LogP contribution in [0.15, 0.2) is 0 Å². The van der Waals surface area contributed by atoms with Crippen LogP contribution in [-0.2, 0) is 0 Å². The molecule has 1 heterocycles. The van der Waals surface area contributed by atoms with Gasteiger partial charge in [0, 0.05) is 13.1 Å². The van der Waals surface area contributed by atoms with E-state index in [-0.39, 0.29) is 0 Å². The average molecular weight is 256 g/mol. The zero-order chi connectivity index (χ0) is 13.8. The summed E-state index contributed by atoms with van der Waals surface area (Å²) in [5.74, 6) is 0.817. The molecule has 0 aromatic carbocycles. The SMILES string of the molecule is CCC(O)(CN)CCCN1CCC(C(C)(C)C)C1. The van der Waals surface area contributed by atoms with Gasteiger partial charge in [0.25, 0.3) is 0 Å². The maximum atomic E-state index is 10.1. The predicted molar refractivity (Wildman–Crippen MR) is 77.5 cm³/mol. The van der Waals surface area contributed by atoms with Crippen LogP contribution < -0.4 is 5.73 Å². The molecule has 0 aromatic heterocycles. The van der Waals surface area contributed by atoms with Crippen LogP contribution in [0, 0.1) is 11.3 Å². The molecule has 3 nitrogen and oxygen atoms in total. The van der Waals surface area contributed by atoms with Crippen LogP contribution in [0.5, 0.6) is 0 Å². The van der Waals surface area contributed by atoms with Crippen LogP contribution in [0.4, 0.5) is 0 Å². The van der Waals surface area contributed by atoms with Gasteiger partial charge < -0.3 is 15.7 Å². The molecule has 2 atom stereocenters. The van der Waals surface area contributed by atoms with E-state index in [4.69, 9.17) is 5.73 Å². The highest BCUT2D eigenvalue weighted by Gasteiger charge is 2.31. The van der Waals surface area contributed by atoms with Gasteiger partial charge in [-0.1, -0.05) is 27.7 Å². The molecule has 0 aromatic rings. The summed E-state index contributed by atoms with van der Waals surface area (Å²) in [6.45, 7) is 13.0. The first-order valence-corrected chi connectivity index (χ1v) is 7.45. The first-order chi connectivity index (χ1) is 8.30. The molecule has 2 unspecified atom stereocenters. The molecular weight excluding hydrogens is 224 g/mol. The molecule has 0 radical (unpaired) electrons. The Bertz CT molecular complexity index is 243. The topological polar surface area (TPSA) is 49.5 Å². The van der Waals surface area contributed by atoms with Gasteiger partial charge in [-0.2, -0.15) is 0 Å².